The Bertz CT molecular complexity index is 948. The Hall–Kier alpha value is -2.30. The Morgan fingerprint density at radius 3 is 2.62 bits per heavy atom. The average Bonchev–Trinajstić information content (AvgIpc) is 3.06. The molecule has 2 aliphatic heterocycles. The molecular weight excluding hydrogens is 382 g/mol. The van der Waals surface area contributed by atoms with Gasteiger partial charge in [-0.1, -0.05) is 47.5 Å². The van der Waals surface area contributed by atoms with E-state index in [2.05, 4.69) is 45.5 Å². The van der Waals surface area contributed by atoms with Gasteiger partial charge in [0.15, 0.2) is 0 Å². The van der Waals surface area contributed by atoms with Gasteiger partial charge in [-0.15, -0.1) is 0 Å². The second-order valence-electron chi connectivity index (χ2n) is 8.38. The predicted octanol–water partition coefficient (Wildman–Crippen LogP) is 4.10. The van der Waals surface area contributed by atoms with Crippen LogP contribution in [0.15, 0.2) is 54.1 Å². The predicted molar refractivity (Wildman–Crippen MR) is 118 cm³/mol. The van der Waals surface area contributed by atoms with Crippen LogP contribution in [0, 0.1) is 0 Å². The summed E-state index contributed by atoms with van der Waals surface area (Å²) in [6, 6.07) is 16.5. The summed E-state index contributed by atoms with van der Waals surface area (Å²) in [5, 5.41) is 3.91. The van der Waals surface area contributed by atoms with Gasteiger partial charge in [-0.05, 0) is 61.1 Å². The van der Waals surface area contributed by atoms with Crippen LogP contribution in [0.5, 0.6) is 0 Å². The smallest absolute Gasteiger partial charge is 0.247 e. The molecule has 0 radical (unpaired) electrons. The first-order valence-electron chi connectivity index (χ1n) is 10.5. The minimum Gasteiger partial charge on any atom is -0.339 e. The number of fused-ring (bicyclic) bond motifs is 1. The average molecular weight is 408 g/mol. The number of carbonyl (C=O) groups excluding carboxylic acids is 1. The molecule has 1 amide bonds. The van der Waals surface area contributed by atoms with Crippen LogP contribution < -0.4 is 10.2 Å². The molecule has 150 valence electrons. The Kier molecular flexibility index (Phi) is 4.84. The van der Waals surface area contributed by atoms with E-state index in [1.807, 2.05) is 24.3 Å². The number of amides is 1. The van der Waals surface area contributed by atoms with E-state index in [0.29, 0.717) is 6.67 Å². The van der Waals surface area contributed by atoms with Crippen LogP contribution in [-0.4, -0.2) is 42.6 Å². The van der Waals surface area contributed by atoms with Crippen LogP contribution in [0.25, 0.3) is 6.08 Å². The zero-order valence-electron chi connectivity index (χ0n) is 16.5. The molecule has 4 nitrogen and oxygen atoms in total. The van der Waals surface area contributed by atoms with Crippen molar-refractivity contribution in [1.82, 2.24) is 10.2 Å². The lowest BCUT2D eigenvalue weighted by Gasteiger charge is -2.43. The van der Waals surface area contributed by atoms with Gasteiger partial charge in [0.25, 0.3) is 0 Å². The summed E-state index contributed by atoms with van der Waals surface area (Å²) in [7, 11) is 0. The van der Waals surface area contributed by atoms with E-state index in [1.165, 1.54) is 16.7 Å². The lowest BCUT2D eigenvalue weighted by molar-refractivity contribution is -0.125. The summed E-state index contributed by atoms with van der Waals surface area (Å²) in [5.41, 5.74) is 4.85. The van der Waals surface area contributed by atoms with Crippen LogP contribution in [0.4, 0.5) is 5.69 Å². The van der Waals surface area contributed by atoms with Gasteiger partial charge in [-0.3, -0.25) is 9.69 Å². The molecule has 2 heterocycles. The van der Waals surface area contributed by atoms with E-state index >= 15 is 0 Å². The summed E-state index contributed by atoms with van der Waals surface area (Å²) < 4.78 is 0. The number of anilines is 1. The summed E-state index contributed by atoms with van der Waals surface area (Å²) in [6.07, 6.45) is 6.22. The van der Waals surface area contributed by atoms with Gasteiger partial charge in [0, 0.05) is 30.3 Å². The Morgan fingerprint density at radius 2 is 1.83 bits per heavy atom. The summed E-state index contributed by atoms with van der Waals surface area (Å²) in [6.45, 7) is 3.49. The molecule has 0 unspecified atom stereocenters. The number of halogens is 1. The molecule has 5 heteroatoms. The molecule has 1 aliphatic carbocycles. The Labute approximate surface area is 177 Å². The third-order valence-corrected chi connectivity index (χ3v) is 6.93. The maximum Gasteiger partial charge on any atom is 0.247 e. The highest BCUT2D eigenvalue weighted by Gasteiger charge is 2.50. The van der Waals surface area contributed by atoms with Gasteiger partial charge in [-0.2, -0.15) is 0 Å². The molecule has 0 atom stereocenters. The lowest BCUT2D eigenvalue weighted by Crippen LogP contribution is -2.56. The first kappa shape index (κ1) is 18.7. The van der Waals surface area contributed by atoms with E-state index in [-0.39, 0.29) is 5.91 Å². The maximum absolute atomic E-state index is 12.8. The van der Waals surface area contributed by atoms with Crippen LogP contribution in [-0.2, 0) is 11.2 Å². The largest absolute Gasteiger partial charge is 0.339 e. The summed E-state index contributed by atoms with van der Waals surface area (Å²) in [4.78, 5) is 17.6. The fourth-order valence-electron chi connectivity index (χ4n) is 5.04. The van der Waals surface area contributed by atoms with Gasteiger partial charge in [0.1, 0.15) is 5.54 Å². The highest BCUT2D eigenvalue weighted by atomic mass is 35.5. The van der Waals surface area contributed by atoms with Gasteiger partial charge in [0.05, 0.1) is 6.67 Å². The number of likely N-dealkylation sites (tertiary alicyclic amines) is 1. The molecule has 1 spiro atoms. The van der Waals surface area contributed by atoms with E-state index in [9.17, 15) is 4.79 Å². The summed E-state index contributed by atoms with van der Waals surface area (Å²) in [5.74, 6) is 0.184. The second kappa shape index (κ2) is 7.51. The summed E-state index contributed by atoms with van der Waals surface area (Å²) >= 11 is 6.13. The first-order valence-corrected chi connectivity index (χ1v) is 10.8. The van der Waals surface area contributed by atoms with Crippen molar-refractivity contribution in [2.45, 2.75) is 31.2 Å². The standard InChI is InChI=1S/C24H26ClN3O/c25-21-9-8-19-14-18(6-7-20(19)15-21)16-27-12-10-24(11-13-27)23(29)26-17-28(24)22-4-2-1-3-5-22/h1-5,8-9,14-15H,6-7,10-13,16-17H2,(H,26,29). The van der Waals surface area contributed by atoms with Gasteiger partial charge in [0.2, 0.25) is 5.91 Å². The third kappa shape index (κ3) is 3.45. The molecule has 2 fully saturated rings. The first-order chi connectivity index (χ1) is 14.1. The number of para-hydroxylation sites is 1. The minimum absolute atomic E-state index is 0.184. The number of hydrogen-bond donors (Lipinski definition) is 1. The Balaban J connectivity index is 1.28. The van der Waals surface area contributed by atoms with Crippen LogP contribution in [0.3, 0.4) is 0 Å². The van der Waals surface area contributed by atoms with Crippen molar-refractivity contribution >= 4 is 29.3 Å². The normalized spacial score (nSPS) is 21.1. The monoisotopic (exact) mass is 407 g/mol. The minimum atomic E-state index is -0.401. The highest BCUT2D eigenvalue weighted by molar-refractivity contribution is 6.30. The molecule has 29 heavy (non-hydrogen) atoms. The van der Waals surface area contributed by atoms with Crippen molar-refractivity contribution in [3.63, 3.8) is 0 Å². The SMILES string of the molecule is O=C1NCN(c2ccccc2)C12CCN(CC1=Cc3ccc(Cl)cc3CC1)CC2. The van der Waals surface area contributed by atoms with Gasteiger partial charge in [-0.25, -0.2) is 0 Å². The fourth-order valence-corrected chi connectivity index (χ4v) is 5.24. The molecule has 5 rings (SSSR count). The van der Waals surface area contributed by atoms with E-state index in [0.717, 1.165) is 56.0 Å². The number of hydrogen-bond acceptors (Lipinski definition) is 3. The topological polar surface area (TPSA) is 35.6 Å². The highest BCUT2D eigenvalue weighted by Crippen LogP contribution is 2.36. The van der Waals surface area contributed by atoms with Crippen molar-refractivity contribution in [3.05, 3.63) is 70.3 Å². The number of rotatable bonds is 3. The Morgan fingerprint density at radius 1 is 1.03 bits per heavy atom. The number of nitrogens with zero attached hydrogens (tertiary/aromatic N) is 2. The van der Waals surface area contributed by atoms with Crippen molar-refractivity contribution < 1.29 is 4.79 Å². The number of nitrogens with one attached hydrogen (secondary N) is 1. The maximum atomic E-state index is 12.8. The second-order valence-corrected chi connectivity index (χ2v) is 8.82. The quantitative estimate of drug-likeness (QED) is 0.832. The van der Waals surface area contributed by atoms with Crippen LogP contribution in [0.2, 0.25) is 5.02 Å². The van der Waals surface area contributed by atoms with Crippen molar-refractivity contribution in [1.29, 1.82) is 0 Å². The van der Waals surface area contributed by atoms with E-state index < -0.39 is 5.54 Å². The van der Waals surface area contributed by atoms with E-state index in [1.54, 1.807) is 0 Å². The molecular formula is C24H26ClN3O. The molecule has 3 aliphatic rings. The third-order valence-electron chi connectivity index (χ3n) is 6.69. The number of carbonyl (C=O) groups is 1. The van der Waals surface area contributed by atoms with Crippen LogP contribution in [0.1, 0.15) is 30.4 Å². The molecule has 2 aromatic carbocycles. The van der Waals surface area contributed by atoms with Crippen molar-refractivity contribution in [3.8, 4) is 0 Å². The van der Waals surface area contributed by atoms with Gasteiger partial charge < -0.3 is 10.2 Å². The zero-order valence-corrected chi connectivity index (χ0v) is 17.3. The number of piperidine rings is 1. The molecule has 0 bridgehead atoms. The number of benzene rings is 2. The fraction of sp³-hybridized carbons (Fsp3) is 0.375. The van der Waals surface area contributed by atoms with Gasteiger partial charge >= 0.3 is 0 Å². The molecule has 0 saturated carbocycles. The molecule has 1 N–H and O–H groups in total. The van der Waals surface area contributed by atoms with Crippen molar-refractivity contribution in [2.75, 3.05) is 31.2 Å². The zero-order chi connectivity index (χ0) is 19.8. The van der Waals surface area contributed by atoms with Crippen molar-refractivity contribution in [2.24, 2.45) is 0 Å². The molecule has 0 aromatic heterocycles. The van der Waals surface area contributed by atoms with E-state index in [4.69, 9.17) is 11.6 Å². The van der Waals surface area contributed by atoms with Crippen LogP contribution >= 0.6 is 11.6 Å². The molecule has 2 saturated heterocycles. The molecule has 2 aromatic rings. The number of aryl methyl sites for hydroxylation is 1. The lowest BCUT2D eigenvalue weighted by atomic mass is 9.85.